The van der Waals surface area contributed by atoms with Gasteiger partial charge < -0.3 is 14.5 Å². The lowest BCUT2D eigenvalue weighted by Gasteiger charge is -2.08. The highest BCUT2D eigenvalue weighted by Gasteiger charge is 2.12. The first-order valence-electron chi connectivity index (χ1n) is 8.24. The third kappa shape index (κ3) is 3.37. The van der Waals surface area contributed by atoms with Crippen molar-refractivity contribution in [2.24, 2.45) is 0 Å². The number of ether oxygens (including phenoxy) is 1. The number of rotatable bonds is 4. The third-order valence-electron chi connectivity index (χ3n) is 4.05. The molecule has 0 aliphatic rings. The summed E-state index contributed by atoms with van der Waals surface area (Å²) in [4.78, 5) is 24.6. The normalized spacial score (nSPS) is 10.9. The Morgan fingerprint density at radius 1 is 1.00 bits per heavy atom. The van der Waals surface area contributed by atoms with Crippen LogP contribution >= 0.6 is 0 Å². The molecule has 0 radical (unpaired) electrons. The van der Waals surface area contributed by atoms with E-state index in [1.54, 1.807) is 24.3 Å². The number of nitrogens with one attached hydrogen (secondary N) is 1. The van der Waals surface area contributed by atoms with E-state index in [4.69, 9.17) is 9.15 Å². The summed E-state index contributed by atoms with van der Waals surface area (Å²) in [6.45, 7) is -0.168. The molecule has 27 heavy (non-hydrogen) atoms. The molecule has 1 aromatic heterocycles. The molecule has 0 unspecified atom stereocenters. The second kappa shape index (κ2) is 6.92. The zero-order valence-electron chi connectivity index (χ0n) is 14.1. The van der Waals surface area contributed by atoms with E-state index in [9.17, 15) is 14.0 Å². The maximum absolute atomic E-state index is 13.9. The molecule has 0 atom stereocenters. The van der Waals surface area contributed by atoms with Crippen LogP contribution in [0.2, 0.25) is 0 Å². The number of anilines is 1. The maximum Gasteiger partial charge on any atom is 0.262 e. The molecule has 0 bridgehead atoms. The van der Waals surface area contributed by atoms with E-state index in [2.05, 4.69) is 5.32 Å². The highest BCUT2D eigenvalue weighted by atomic mass is 19.1. The molecule has 0 saturated heterocycles. The fraction of sp³-hybridized carbons (Fsp3) is 0.0476. The SMILES string of the molecule is O=C(COc1ccccc1)Nc1ccc2c(=O)c3cccc(F)c3oc2c1. The molecule has 4 aromatic rings. The lowest BCUT2D eigenvalue weighted by molar-refractivity contribution is -0.118. The Bertz CT molecular complexity index is 1200. The highest BCUT2D eigenvalue weighted by molar-refractivity contribution is 5.96. The fourth-order valence-corrected chi connectivity index (χ4v) is 2.78. The molecule has 3 aromatic carbocycles. The van der Waals surface area contributed by atoms with Crippen molar-refractivity contribution < 1.29 is 18.3 Å². The molecule has 0 saturated carbocycles. The summed E-state index contributed by atoms with van der Waals surface area (Å²) in [5.41, 5.74) is 0.185. The number of hydrogen-bond donors (Lipinski definition) is 1. The first-order chi connectivity index (χ1) is 13.1. The second-order valence-electron chi connectivity index (χ2n) is 5.91. The number of halogens is 1. The molecule has 0 spiro atoms. The lowest BCUT2D eigenvalue weighted by Crippen LogP contribution is -2.20. The molecule has 0 fully saturated rings. The van der Waals surface area contributed by atoms with Gasteiger partial charge >= 0.3 is 0 Å². The van der Waals surface area contributed by atoms with Crippen molar-refractivity contribution in [1.82, 2.24) is 0 Å². The number of carbonyl (C=O) groups is 1. The van der Waals surface area contributed by atoms with Crippen LogP contribution in [0.1, 0.15) is 0 Å². The van der Waals surface area contributed by atoms with Gasteiger partial charge in [0.15, 0.2) is 18.0 Å². The van der Waals surface area contributed by atoms with Gasteiger partial charge in [0.2, 0.25) is 5.43 Å². The van der Waals surface area contributed by atoms with Crippen LogP contribution in [0.4, 0.5) is 10.1 Å². The minimum absolute atomic E-state index is 0.106. The highest BCUT2D eigenvalue weighted by Crippen LogP contribution is 2.23. The topological polar surface area (TPSA) is 68.5 Å². The van der Waals surface area contributed by atoms with E-state index in [-0.39, 0.29) is 34.5 Å². The van der Waals surface area contributed by atoms with Crippen LogP contribution in [-0.4, -0.2) is 12.5 Å². The molecule has 1 heterocycles. The Hall–Kier alpha value is -3.67. The Morgan fingerprint density at radius 3 is 2.63 bits per heavy atom. The van der Waals surface area contributed by atoms with Crippen LogP contribution in [0.25, 0.3) is 21.9 Å². The quantitative estimate of drug-likeness (QED) is 0.554. The smallest absolute Gasteiger partial charge is 0.262 e. The number of fused-ring (bicyclic) bond motifs is 2. The molecule has 0 aliphatic carbocycles. The standard InChI is InChI=1S/C21H14FNO4/c22-17-8-4-7-16-20(25)15-10-9-13(11-18(15)27-21(16)17)23-19(24)12-26-14-5-2-1-3-6-14/h1-11H,12H2,(H,23,24). The van der Waals surface area contributed by atoms with Crippen molar-refractivity contribution >= 4 is 33.5 Å². The van der Waals surface area contributed by atoms with Gasteiger partial charge in [-0.25, -0.2) is 4.39 Å². The number of carbonyl (C=O) groups excluding carboxylic acids is 1. The van der Waals surface area contributed by atoms with Crippen molar-refractivity contribution in [1.29, 1.82) is 0 Å². The van der Waals surface area contributed by atoms with Gasteiger partial charge in [-0.05, 0) is 36.4 Å². The van der Waals surface area contributed by atoms with Crippen molar-refractivity contribution in [3.8, 4) is 5.75 Å². The Kier molecular flexibility index (Phi) is 4.30. The second-order valence-corrected chi connectivity index (χ2v) is 5.91. The molecule has 1 amide bonds. The van der Waals surface area contributed by atoms with Crippen LogP contribution in [0.3, 0.4) is 0 Å². The van der Waals surface area contributed by atoms with Gasteiger partial charge in [0, 0.05) is 11.8 Å². The number of para-hydroxylation sites is 2. The average Bonchev–Trinajstić information content (AvgIpc) is 2.68. The molecule has 6 heteroatoms. The molecular formula is C21H14FNO4. The Balaban J connectivity index is 1.59. The molecule has 0 aliphatic heterocycles. The largest absolute Gasteiger partial charge is 0.484 e. The fourth-order valence-electron chi connectivity index (χ4n) is 2.78. The van der Waals surface area contributed by atoms with Gasteiger partial charge in [0.05, 0.1) is 10.8 Å². The molecular weight excluding hydrogens is 349 g/mol. The molecule has 4 rings (SSSR count). The number of hydrogen-bond acceptors (Lipinski definition) is 4. The van der Waals surface area contributed by atoms with Crippen LogP contribution in [0.5, 0.6) is 5.75 Å². The molecule has 1 N–H and O–H groups in total. The van der Waals surface area contributed by atoms with Crippen LogP contribution in [0.15, 0.2) is 75.9 Å². The summed E-state index contributed by atoms with van der Waals surface area (Å²) in [6.07, 6.45) is 0. The minimum atomic E-state index is -0.614. The average molecular weight is 363 g/mol. The predicted octanol–water partition coefficient (Wildman–Crippen LogP) is 4.10. The van der Waals surface area contributed by atoms with Gasteiger partial charge in [0.1, 0.15) is 11.3 Å². The van der Waals surface area contributed by atoms with E-state index in [0.717, 1.165) is 0 Å². The van der Waals surface area contributed by atoms with E-state index in [1.165, 1.54) is 24.3 Å². The van der Waals surface area contributed by atoms with E-state index in [0.29, 0.717) is 16.8 Å². The van der Waals surface area contributed by atoms with E-state index in [1.807, 2.05) is 18.2 Å². The van der Waals surface area contributed by atoms with E-state index >= 15 is 0 Å². The molecule has 5 nitrogen and oxygen atoms in total. The third-order valence-corrected chi connectivity index (χ3v) is 4.05. The minimum Gasteiger partial charge on any atom is -0.484 e. The Labute approximate surface area is 153 Å². The monoisotopic (exact) mass is 363 g/mol. The van der Waals surface area contributed by atoms with Crippen molar-refractivity contribution in [3.05, 3.63) is 82.8 Å². The van der Waals surface area contributed by atoms with Crippen LogP contribution in [-0.2, 0) is 4.79 Å². The first kappa shape index (κ1) is 16.8. The summed E-state index contributed by atoms with van der Waals surface area (Å²) in [5, 5.41) is 3.15. The number of amides is 1. The molecule has 134 valence electrons. The summed E-state index contributed by atoms with van der Waals surface area (Å²) in [5.74, 6) is -0.399. The first-order valence-corrected chi connectivity index (χ1v) is 8.24. The Morgan fingerprint density at radius 2 is 1.81 bits per heavy atom. The summed E-state index contributed by atoms with van der Waals surface area (Å²) < 4.78 is 24.9. The van der Waals surface area contributed by atoms with Gasteiger partial charge in [-0.1, -0.05) is 24.3 Å². The van der Waals surface area contributed by atoms with Gasteiger partial charge in [-0.3, -0.25) is 9.59 Å². The van der Waals surface area contributed by atoms with Gasteiger partial charge in [0.25, 0.3) is 5.91 Å². The zero-order chi connectivity index (χ0) is 18.8. The van der Waals surface area contributed by atoms with Crippen molar-refractivity contribution in [2.75, 3.05) is 11.9 Å². The lowest BCUT2D eigenvalue weighted by atomic mass is 10.1. The van der Waals surface area contributed by atoms with Crippen molar-refractivity contribution in [2.45, 2.75) is 0 Å². The predicted molar refractivity (Wildman–Crippen MR) is 101 cm³/mol. The zero-order valence-corrected chi connectivity index (χ0v) is 14.1. The summed E-state index contributed by atoms with van der Waals surface area (Å²) in [7, 11) is 0. The van der Waals surface area contributed by atoms with Gasteiger partial charge in [-0.2, -0.15) is 0 Å². The maximum atomic E-state index is 13.9. The van der Waals surface area contributed by atoms with Gasteiger partial charge in [-0.15, -0.1) is 0 Å². The van der Waals surface area contributed by atoms with Crippen LogP contribution < -0.4 is 15.5 Å². The summed E-state index contributed by atoms with van der Waals surface area (Å²) >= 11 is 0. The summed E-state index contributed by atoms with van der Waals surface area (Å²) in [6, 6.07) is 17.8. The van der Waals surface area contributed by atoms with E-state index < -0.39 is 5.82 Å². The van der Waals surface area contributed by atoms with Crippen LogP contribution in [0, 0.1) is 5.82 Å². The number of benzene rings is 3. The van der Waals surface area contributed by atoms with Crippen molar-refractivity contribution in [3.63, 3.8) is 0 Å².